The van der Waals surface area contributed by atoms with E-state index in [9.17, 15) is 9.59 Å². The van der Waals surface area contributed by atoms with E-state index in [1.165, 1.54) is 11.3 Å². The Bertz CT molecular complexity index is 729. The third kappa shape index (κ3) is 5.74. The monoisotopic (exact) mass is 365 g/mol. The average molecular weight is 365 g/mol. The summed E-state index contributed by atoms with van der Waals surface area (Å²) >= 11 is 6.06. The summed E-state index contributed by atoms with van der Waals surface area (Å²) in [6, 6.07) is 9.51. The Morgan fingerprint density at radius 3 is 2.71 bits per heavy atom. The quantitative estimate of drug-likeness (QED) is 0.566. The van der Waals surface area contributed by atoms with Crippen molar-refractivity contribution >= 4 is 40.6 Å². The molecule has 0 saturated carbocycles. The molecule has 0 aliphatic carbocycles. The summed E-state index contributed by atoms with van der Waals surface area (Å²) in [5.74, 6) is -0.403. The first-order valence-corrected chi connectivity index (χ1v) is 8.67. The van der Waals surface area contributed by atoms with E-state index in [0.29, 0.717) is 15.5 Å². The summed E-state index contributed by atoms with van der Waals surface area (Å²) in [5, 5.41) is 14.7. The van der Waals surface area contributed by atoms with Crippen molar-refractivity contribution in [1.82, 2.24) is 20.8 Å². The van der Waals surface area contributed by atoms with Gasteiger partial charge in [-0.3, -0.25) is 15.2 Å². The number of nitrogens with one attached hydrogen (secondary N) is 4. The third-order valence-corrected chi connectivity index (χ3v) is 4.41. The molecule has 0 saturated heterocycles. The van der Waals surface area contributed by atoms with Crippen molar-refractivity contribution in [2.75, 3.05) is 18.9 Å². The minimum Gasteiger partial charge on any atom is -0.359 e. The van der Waals surface area contributed by atoms with Crippen LogP contribution in [0.3, 0.4) is 0 Å². The number of urea groups is 1. The molecule has 3 amide bonds. The first-order chi connectivity index (χ1) is 11.6. The van der Waals surface area contributed by atoms with Gasteiger partial charge >= 0.3 is 6.03 Å². The van der Waals surface area contributed by atoms with E-state index < -0.39 is 6.03 Å². The first kappa shape index (κ1) is 18.1. The van der Waals surface area contributed by atoms with Crippen LogP contribution in [-0.4, -0.2) is 35.7 Å². The Kier molecular flexibility index (Phi) is 6.89. The summed E-state index contributed by atoms with van der Waals surface area (Å²) in [5.41, 5.74) is 1.16. The van der Waals surface area contributed by atoms with E-state index in [4.69, 9.17) is 12.2 Å². The molecule has 1 aromatic carbocycles. The molecule has 9 heteroatoms. The molecule has 7 nitrogen and oxygen atoms in total. The number of anilines is 1. The Labute approximate surface area is 148 Å². The van der Waals surface area contributed by atoms with Crippen LogP contribution in [0.2, 0.25) is 0 Å². The predicted molar refractivity (Wildman–Crippen MR) is 96.6 cm³/mol. The number of rotatable bonds is 7. The molecule has 1 atom stereocenters. The molecule has 1 unspecified atom stereocenters. The van der Waals surface area contributed by atoms with Crippen LogP contribution >= 0.6 is 23.6 Å². The Balaban J connectivity index is 1.85. The molecule has 2 rings (SSSR count). The number of aromatic amines is 1. The van der Waals surface area contributed by atoms with E-state index in [1.807, 2.05) is 30.3 Å². The van der Waals surface area contributed by atoms with Gasteiger partial charge < -0.3 is 10.6 Å². The Morgan fingerprint density at radius 2 is 2.08 bits per heavy atom. The first-order valence-electron chi connectivity index (χ1n) is 7.44. The zero-order chi connectivity index (χ0) is 17.4. The van der Waals surface area contributed by atoms with Gasteiger partial charge in [0.1, 0.15) is 0 Å². The minimum absolute atomic E-state index is 0.0957. The maximum atomic E-state index is 12.0. The number of carbonyl (C=O) groups is 2. The minimum atomic E-state index is -0.415. The topological polar surface area (TPSA) is 98.9 Å². The highest BCUT2D eigenvalue weighted by Gasteiger charge is 2.18. The standard InChI is InChI=1S/C15H19N5O2S2/c1-16-12(21)11(8-7-10-5-3-2-4-6-10)9-17-13(22)18-14-19-20-15(23)24-14/h2-6,11H,7-9H2,1H3,(H,16,21)(H,20,23)(H2,17,18,19,22). The van der Waals surface area contributed by atoms with Crippen molar-refractivity contribution in [2.24, 2.45) is 5.92 Å². The fourth-order valence-electron chi connectivity index (χ4n) is 2.16. The van der Waals surface area contributed by atoms with Crippen molar-refractivity contribution < 1.29 is 9.59 Å². The Hall–Kier alpha value is -2.26. The number of amides is 3. The second-order valence-electron chi connectivity index (χ2n) is 5.09. The van der Waals surface area contributed by atoms with Gasteiger partial charge in [-0.15, -0.1) is 5.10 Å². The van der Waals surface area contributed by atoms with Crippen molar-refractivity contribution in [1.29, 1.82) is 0 Å². The zero-order valence-corrected chi connectivity index (χ0v) is 14.8. The lowest BCUT2D eigenvalue weighted by Crippen LogP contribution is -2.39. The maximum absolute atomic E-state index is 12.0. The van der Waals surface area contributed by atoms with Gasteiger partial charge in [-0.25, -0.2) is 4.79 Å². The van der Waals surface area contributed by atoms with Gasteiger partial charge in [0.15, 0.2) is 3.95 Å². The van der Waals surface area contributed by atoms with E-state index in [0.717, 1.165) is 12.0 Å². The highest BCUT2D eigenvalue weighted by atomic mass is 32.1. The average Bonchev–Trinajstić information content (AvgIpc) is 3.00. The van der Waals surface area contributed by atoms with Gasteiger partial charge in [-0.05, 0) is 30.6 Å². The number of carbonyl (C=O) groups excluding carboxylic acids is 2. The summed E-state index contributed by atoms with van der Waals surface area (Å²) in [7, 11) is 1.59. The second-order valence-corrected chi connectivity index (χ2v) is 6.75. The highest BCUT2D eigenvalue weighted by molar-refractivity contribution is 7.73. The molecule has 2 aromatic rings. The number of aryl methyl sites for hydroxylation is 1. The molecule has 0 fully saturated rings. The number of hydrogen-bond donors (Lipinski definition) is 4. The Morgan fingerprint density at radius 1 is 1.33 bits per heavy atom. The van der Waals surface area contributed by atoms with Crippen LogP contribution in [0.5, 0.6) is 0 Å². The summed E-state index contributed by atoms with van der Waals surface area (Å²) in [4.78, 5) is 23.9. The van der Waals surface area contributed by atoms with Crippen molar-refractivity contribution in [2.45, 2.75) is 12.8 Å². The van der Waals surface area contributed by atoms with Gasteiger partial charge in [-0.1, -0.05) is 41.7 Å². The molecule has 128 valence electrons. The van der Waals surface area contributed by atoms with Crippen molar-refractivity contribution in [3.63, 3.8) is 0 Å². The lowest BCUT2D eigenvalue weighted by molar-refractivity contribution is -0.124. The molecule has 1 aromatic heterocycles. The predicted octanol–water partition coefficient (Wildman–Crippen LogP) is 2.32. The van der Waals surface area contributed by atoms with Gasteiger partial charge in [0.05, 0.1) is 5.92 Å². The van der Waals surface area contributed by atoms with Crippen LogP contribution in [-0.2, 0) is 11.2 Å². The second kappa shape index (κ2) is 9.14. The number of hydrogen-bond acceptors (Lipinski definition) is 5. The van der Waals surface area contributed by atoms with Gasteiger partial charge in [0.25, 0.3) is 0 Å². The fraction of sp³-hybridized carbons (Fsp3) is 0.333. The summed E-state index contributed by atoms with van der Waals surface area (Å²) < 4.78 is 0.483. The molecule has 0 aliphatic heterocycles. The lowest BCUT2D eigenvalue weighted by Gasteiger charge is -2.16. The lowest BCUT2D eigenvalue weighted by atomic mass is 9.98. The molecule has 24 heavy (non-hydrogen) atoms. The molecule has 1 heterocycles. The maximum Gasteiger partial charge on any atom is 0.321 e. The molecular formula is C15H19N5O2S2. The third-order valence-electron chi connectivity index (χ3n) is 3.41. The van der Waals surface area contributed by atoms with E-state index in [-0.39, 0.29) is 18.4 Å². The van der Waals surface area contributed by atoms with Crippen LogP contribution in [0.15, 0.2) is 30.3 Å². The molecule has 0 bridgehead atoms. The van der Waals surface area contributed by atoms with Gasteiger partial charge in [0, 0.05) is 13.6 Å². The SMILES string of the molecule is CNC(=O)C(CCc1ccccc1)CNC(=O)Nc1n[nH]c(=S)s1. The number of nitrogens with zero attached hydrogens (tertiary/aromatic N) is 1. The van der Waals surface area contributed by atoms with Crippen molar-refractivity contribution in [3.05, 3.63) is 39.8 Å². The molecule has 0 radical (unpaired) electrons. The van der Waals surface area contributed by atoms with Crippen LogP contribution < -0.4 is 16.0 Å². The van der Waals surface area contributed by atoms with Gasteiger partial charge in [0.2, 0.25) is 11.0 Å². The normalized spacial score (nSPS) is 11.5. The van der Waals surface area contributed by atoms with E-state index >= 15 is 0 Å². The van der Waals surface area contributed by atoms with Gasteiger partial charge in [-0.2, -0.15) is 0 Å². The van der Waals surface area contributed by atoms with Crippen LogP contribution in [0.1, 0.15) is 12.0 Å². The fourth-order valence-corrected chi connectivity index (χ4v) is 2.94. The van der Waals surface area contributed by atoms with Crippen molar-refractivity contribution in [3.8, 4) is 0 Å². The van der Waals surface area contributed by atoms with Crippen LogP contribution in [0.4, 0.5) is 9.93 Å². The van der Waals surface area contributed by atoms with Crippen LogP contribution in [0, 0.1) is 9.87 Å². The zero-order valence-electron chi connectivity index (χ0n) is 13.2. The summed E-state index contributed by atoms with van der Waals surface area (Å²) in [6.07, 6.45) is 1.41. The summed E-state index contributed by atoms with van der Waals surface area (Å²) in [6.45, 7) is 0.244. The number of aromatic nitrogens is 2. The van der Waals surface area contributed by atoms with Crippen LogP contribution in [0.25, 0.3) is 0 Å². The molecular weight excluding hydrogens is 346 g/mol. The molecule has 0 spiro atoms. The largest absolute Gasteiger partial charge is 0.359 e. The number of H-pyrrole nitrogens is 1. The van der Waals surface area contributed by atoms with E-state index in [2.05, 4.69) is 26.1 Å². The molecule has 0 aliphatic rings. The molecule has 4 N–H and O–H groups in total. The number of benzene rings is 1. The smallest absolute Gasteiger partial charge is 0.321 e. The van der Waals surface area contributed by atoms with E-state index in [1.54, 1.807) is 7.05 Å². The highest BCUT2D eigenvalue weighted by Crippen LogP contribution is 2.12.